The fourth-order valence-corrected chi connectivity index (χ4v) is 1.91. The number of benzene rings is 1. The van der Waals surface area contributed by atoms with Gasteiger partial charge in [0.05, 0.1) is 25.4 Å². The molecule has 1 heterocycles. The van der Waals surface area contributed by atoms with E-state index in [1.54, 1.807) is 4.90 Å². The molecule has 1 saturated heterocycles. The van der Waals surface area contributed by atoms with Gasteiger partial charge in [0.15, 0.2) is 0 Å². The summed E-state index contributed by atoms with van der Waals surface area (Å²) in [6.45, 7) is 5.48. The van der Waals surface area contributed by atoms with E-state index in [2.05, 4.69) is 0 Å². The maximum Gasteiger partial charge on any atom is 0.245 e. The molecule has 1 aliphatic heterocycles. The zero-order valence-electron chi connectivity index (χ0n) is 10.7. The first-order valence-electron chi connectivity index (χ1n) is 6.14. The van der Waals surface area contributed by atoms with E-state index < -0.39 is 6.04 Å². The molecule has 1 aromatic carbocycles. The molecule has 1 fully saturated rings. The van der Waals surface area contributed by atoms with E-state index >= 15 is 0 Å². The molecular formula is C13H18N2O3. The van der Waals surface area contributed by atoms with Gasteiger partial charge in [0, 0.05) is 6.07 Å². The maximum atomic E-state index is 11.7. The van der Waals surface area contributed by atoms with Crippen LogP contribution in [0.5, 0.6) is 11.5 Å². The molecular weight excluding hydrogens is 232 g/mol. The molecule has 0 aliphatic carbocycles. The first-order valence-corrected chi connectivity index (χ1v) is 6.14. The minimum absolute atomic E-state index is 0.0791. The Balaban J connectivity index is 2.29. The van der Waals surface area contributed by atoms with Gasteiger partial charge in [0.2, 0.25) is 5.91 Å². The summed E-state index contributed by atoms with van der Waals surface area (Å²) < 4.78 is 11.0. The number of hydrogen-bond donors (Lipinski definition) is 1. The lowest BCUT2D eigenvalue weighted by Gasteiger charge is -2.37. The van der Waals surface area contributed by atoms with Crippen molar-refractivity contribution in [3.05, 3.63) is 18.2 Å². The Labute approximate surface area is 106 Å². The molecule has 1 aliphatic rings. The zero-order chi connectivity index (χ0) is 13.1. The Morgan fingerprint density at radius 3 is 2.61 bits per heavy atom. The number of rotatable bonds is 5. The van der Waals surface area contributed by atoms with Gasteiger partial charge in [-0.05, 0) is 26.0 Å². The minimum Gasteiger partial charge on any atom is -0.494 e. The van der Waals surface area contributed by atoms with E-state index in [1.165, 1.54) is 0 Å². The second-order valence-corrected chi connectivity index (χ2v) is 4.05. The fourth-order valence-electron chi connectivity index (χ4n) is 1.91. The van der Waals surface area contributed by atoms with Crippen LogP contribution in [0, 0.1) is 0 Å². The van der Waals surface area contributed by atoms with Gasteiger partial charge in [-0.25, -0.2) is 0 Å². The molecule has 0 radical (unpaired) electrons. The van der Waals surface area contributed by atoms with E-state index in [4.69, 9.17) is 15.2 Å². The first kappa shape index (κ1) is 12.7. The van der Waals surface area contributed by atoms with Crippen molar-refractivity contribution in [2.24, 2.45) is 5.73 Å². The summed E-state index contributed by atoms with van der Waals surface area (Å²) in [4.78, 5) is 13.3. The summed E-state index contributed by atoms with van der Waals surface area (Å²) in [7, 11) is 0. The van der Waals surface area contributed by atoms with E-state index in [9.17, 15) is 4.79 Å². The molecule has 1 atom stereocenters. The van der Waals surface area contributed by atoms with Crippen molar-refractivity contribution in [1.82, 2.24) is 0 Å². The van der Waals surface area contributed by atoms with Gasteiger partial charge < -0.3 is 20.1 Å². The lowest BCUT2D eigenvalue weighted by Crippen LogP contribution is -2.61. The molecule has 0 aromatic heterocycles. The van der Waals surface area contributed by atoms with Crippen molar-refractivity contribution in [2.75, 3.05) is 24.7 Å². The summed E-state index contributed by atoms with van der Waals surface area (Å²) in [5, 5.41) is 0. The minimum atomic E-state index is -0.393. The molecule has 1 aromatic rings. The number of ether oxygens (including phenoxy) is 2. The number of hydrogen-bond acceptors (Lipinski definition) is 4. The predicted octanol–water partition coefficient (Wildman–Crippen LogP) is 1.16. The highest BCUT2D eigenvalue weighted by Gasteiger charge is 2.36. The van der Waals surface area contributed by atoms with Gasteiger partial charge in [-0.15, -0.1) is 0 Å². The Morgan fingerprint density at radius 2 is 2.06 bits per heavy atom. The van der Waals surface area contributed by atoms with Crippen LogP contribution >= 0.6 is 0 Å². The summed E-state index contributed by atoms with van der Waals surface area (Å²) >= 11 is 0. The topological polar surface area (TPSA) is 64.8 Å². The molecule has 2 rings (SSSR count). The summed E-state index contributed by atoms with van der Waals surface area (Å²) in [5.41, 5.74) is 6.34. The van der Waals surface area contributed by atoms with Crippen molar-refractivity contribution in [3.63, 3.8) is 0 Å². The standard InChI is InChI=1S/C13H18N2O3/c1-3-17-9-5-6-12(18-4-2)11(7-9)15-8-10(14)13(15)16/h5-7,10H,3-4,8,14H2,1-2H3. The molecule has 0 bridgehead atoms. The SMILES string of the molecule is CCOc1ccc(OCC)c(N2CC(N)C2=O)c1. The summed E-state index contributed by atoms with van der Waals surface area (Å²) in [6, 6.07) is 5.08. The number of carbonyl (C=O) groups excluding carboxylic acids is 1. The third-order valence-corrected chi connectivity index (χ3v) is 2.79. The van der Waals surface area contributed by atoms with Gasteiger partial charge in [-0.1, -0.05) is 0 Å². The molecule has 5 heteroatoms. The molecule has 1 amide bonds. The van der Waals surface area contributed by atoms with Gasteiger partial charge in [0.1, 0.15) is 17.5 Å². The maximum absolute atomic E-state index is 11.7. The average Bonchev–Trinajstić information content (AvgIpc) is 2.38. The van der Waals surface area contributed by atoms with Crippen LogP contribution in [0.4, 0.5) is 5.69 Å². The molecule has 0 spiro atoms. The summed E-state index contributed by atoms with van der Waals surface area (Å²) in [5.74, 6) is 1.33. The smallest absolute Gasteiger partial charge is 0.245 e. The highest BCUT2D eigenvalue weighted by atomic mass is 16.5. The number of anilines is 1. The third kappa shape index (κ3) is 2.26. The molecule has 1 unspecified atom stereocenters. The highest BCUT2D eigenvalue weighted by Crippen LogP contribution is 2.35. The van der Waals surface area contributed by atoms with E-state index in [-0.39, 0.29) is 5.91 Å². The lowest BCUT2D eigenvalue weighted by molar-refractivity contribution is -0.123. The van der Waals surface area contributed by atoms with Crippen LogP contribution in [0.15, 0.2) is 18.2 Å². The highest BCUT2D eigenvalue weighted by molar-refractivity contribution is 6.05. The van der Waals surface area contributed by atoms with Crippen LogP contribution in [-0.4, -0.2) is 31.7 Å². The largest absolute Gasteiger partial charge is 0.494 e. The number of amides is 1. The molecule has 18 heavy (non-hydrogen) atoms. The lowest BCUT2D eigenvalue weighted by atomic mass is 10.1. The van der Waals surface area contributed by atoms with Gasteiger partial charge in [-0.2, -0.15) is 0 Å². The molecule has 5 nitrogen and oxygen atoms in total. The predicted molar refractivity (Wildman–Crippen MR) is 69.1 cm³/mol. The third-order valence-electron chi connectivity index (χ3n) is 2.79. The monoisotopic (exact) mass is 250 g/mol. The van der Waals surface area contributed by atoms with Crippen molar-refractivity contribution in [1.29, 1.82) is 0 Å². The Hall–Kier alpha value is -1.75. The van der Waals surface area contributed by atoms with Crippen LogP contribution in [0.3, 0.4) is 0 Å². The Bertz CT molecular complexity index is 448. The number of β-lactam (4-membered cyclic amide) rings is 1. The van der Waals surface area contributed by atoms with Crippen LogP contribution in [0.2, 0.25) is 0 Å². The van der Waals surface area contributed by atoms with Crippen molar-refractivity contribution < 1.29 is 14.3 Å². The van der Waals surface area contributed by atoms with E-state index in [0.29, 0.717) is 25.5 Å². The second-order valence-electron chi connectivity index (χ2n) is 4.05. The quantitative estimate of drug-likeness (QED) is 0.796. The van der Waals surface area contributed by atoms with Crippen LogP contribution in [-0.2, 0) is 4.79 Å². The molecule has 2 N–H and O–H groups in total. The van der Waals surface area contributed by atoms with Gasteiger partial charge in [0.25, 0.3) is 0 Å². The molecule has 0 saturated carbocycles. The summed E-state index contributed by atoms with van der Waals surface area (Å²) in [6.07, 6.45) is 0. The van der Waals surface area contributed by atoms with E-state index in [0.717, 1.165) is 11.4 Å². The number of carbonyl (C=O) groups is 1. The number of nitrogens with zero attached hydrogens (tertiary/aromatic N) is 1. The van der Waals surface area contributed by atoms with Gasteiger partial charge in [-0.3, -0.25) is 4.79 Å². The fraction of sp³-hybridized carbons (Fsp3) is 0.462. The normalized spacial score (nSPS) is 18.5. The second kappa shape index (κ2) is 5.27. The van der Waals surface area contributed by atoms with Crippen molar-refractivity contribution in [2.45, 2.75) is 19.9 Å². The first-order chi connectivity index (χ1) is 8.67. The number of nitrogens with two attached hydrogens (primary N) is 1. The van der Waals surface area contributed by atoms with Gasteiger partial charge >= 0.3 is 0 Å². The zero-order valence-corrected chi connectivity index (χ0v) is 10.7. The molecule has 98 valence electrons. The van der Waals surface area contributed by atoms with Crippen LogP contribution in [0.1, 0.15) is 13.8 Å². The van der Waals surface area contributed by atoms with E-state index in [1.807, 2.05) is 32.0 Å². The van der Waals surface area contributed by atoms with Crippen LogP contribution < -0.4 is 20.1 Å². The van der Waals surface area contributed by atoms with Crippen LogP contribution in [0.25, 0.3) is 0 Å². The average molecular weight is 250 g/mol. The Morgan fingerprint density at radius 1 is 1.33 bits per heavy atom. The van der Waals surface area contributed by atoms with Crippen molar-refractivity contribution in [3.8, 4) is 11.5 Å². The Kier molecular flexibility index (Phi) is 3.72. The van der Waals surface area contributed by atoms with Crippen molar-refractivity contribution >= 4 is 11.6 Å².